The van der Waals surface area contributed by atoms with Crippen molar-refractivity contribution in [1.82, 2.24) is 38.7 Å². The van der Waals surface area contributed by atoms with Crippen LogP contribution in [0.3, 0.4) is 0 Å². The van der Waals surface area contributed by atoms with Gasteiger partial charge in [-0.2, -0.15) is 36.3 Å². The molecule has 0 spiro atoms. The van der Waals surface area contributed by atoms with E-state index >= 15 is 4.79 Å². The van der Waals surface area contributed by atoms with Gasteiger partial charge in [0.05, 0.1) is 31.7 Å². The van der Waals surface area contributed by atoms with E-state index in [1.165, 1.54) is 53.1 Å². The van der Waals surface area contributed by atoms with E-state index in [1.54, 1.807) is 0 Å². The van der Waals surface area contributed by atoms with Crippen molar-refractivity contribution in [2.45, 2.75) is 133 Å². The molecule has 22 heteroatoms. The van der Waals surface area contributed by atoms with Crippen molar-refractivity contribution in [3.8, 4) is 22.3 Å². The highest BCUT2D eigenvalue weighted by atomic mass is 32.2. The molecule has 0 N–H and O–H groups in total. The topological polar surface area (TPSA) is 117 Å². The molecule has 0 radical (unpaired) electrons. The zero-order chi connectivity index (χ0) is 97.3. The predicted molar refractivity (Wildman–Crippen MR) is 358 cm³/mol. The van der Waals surface area contributed by atoms with Crippen LogP contribution in [0.1, 0.15) is 147 Å². The lowest BCUT2D eigenvalue weighted by Gasteiger charge is -2.28. The molecule has 6 aromatic carbocycles. The number of carbonyl (C=O) groups is 2. The van der Waals surface area contributed by atoms with Crippen LogP contribution in [0.5, 0.6) is 0 Å². The summed E-state index contributed by atoms with van der Waals surface area (Å²) in [5.41, 5.74) is -17.4. The number of halogens is 8. The van der Waals surface area contributed by atoms with E-state index in [9.17, 15) is 55.0 Å². The number of benzene rings is 6. The maximum absolute atomic E-state index is 15.1. The van der Waals surface area contributed by atoms with Crippen LogP contribution in [-0.4, -0.2) is 103 Å². The van der Waals surface area contributed by atoms with E-state index in [4.69, 9.17) is 39.8 Å². The first-order valence-corrected chi connectivity index (χ1v) is 30.1. The minimum atomic E-state index is -5.28. The predicted octanol–water partition coefficient (Wildman–Crippen LogP) is 14.7. The SMILES string of the molecule is [2H]C([2H])(Sc1nc(=O)c2c(n1CC(=O)N(CCN(C([2H])([2H])C)C([2H])([2H])C)C([2H])([2H])c1ccc(-c3ccc(C(F)(F)F)cc3)cc1)CCC2)c1ccc(F)cc1.[2H]c1c([2H])c(C([2H])([2H])Sc2nc(=O)c3c(n2CC(=O)N(CCN(C([2H])([2H])C)C([2H])([2H])C)C([2H])([2H])c2c([2H])c([2H])c(-c4c([2H])c([2H])c(C(F)(F)F)c(C)c4[2H])c([2H])c2[2H])C([2H])([2H])C([2H])([2H])C3([2H])[2H])c([2H])c([2H])c1F. The fraction of sp³-hybridized carbons (Fsp3) is 0.370. The number of likely N-dealkylation sites (N-methyl/N-ethyl adjacent to an activating group) is 2. The minimum absolute atomic E-state index is 0.00137. The lowest BCUT2D eigenvalue weighted by atomic mass is 9.98. The molecule has 8 aromatic rings. The first-order chi connectivity index (χ1) is 58.1. The molecule has 12 nitrogen and oxygen atoms in total. The van der Waals surface area contributed by atoms with Gasteiger partial charge in [-0.15, -0.1) is 0 Å². The molecule has 0 unspecified atom stereocenters. The van der Waals surface area contributed by atoms with Crippen LogP contribution in [-0.2, 0) is 85.0 Å². The molecule has 10 rings (SSSR count). The summed E-state index contributed by atoms with van der Waals surface area (Å²) in [4.78, 5) is 66.1. The Morgan fingerprint density at radius 1 is 0.547 bits per heavy atom. The zero-order valence-corrected chi connectivity index (χ0v) is 52.5. The van der Waals surface area contributed by atoms with Crippen molar-refractivity contribution < 1.29 is 89.9 Å². The average molecular weight is 1380 g/mol. The fourth-order valence-electron chi connectivity index (χ4n) is 9.33. The Hall–Kier alpha value is -7.92. The number of amides is 2. The van der Waals surface area contributed by atoms with Crippen molar-refractivity contribution in [1.29, 1.82) is 0 Å². The van der Waals surface area contributed by atoms with Crippen LogP contribution >= 0.6 is 23.5 Å². The van der Waals surface area contributed by atoms with E-state index < -0.39 is 278 Å². The Balaban J connectivity index is 0.000000300. The second kappa shape index (κ2) is 32.7. The van der Waals surface area contributed by atoms with Crippen LogP contribution in [0.15, 0.2) is 159 Å². The number of hydrogen-bond acceptors (Lipinski definition) is 10. The first kappa shape index (κ1) is 39.3. The van der Waals surface area contributed by atoms with Crippen molar-refractivity contribution in [2.75, 3.05) is 52.2 Å². The number of carbonyl (C=O) groups excluding carboxylic acids is 2. The Labute approximate surface area is 603 Å². The first-order valence-electron chi connectivity index (χ1n) is 45.0. The molecule has 2 aliphatic carbocycles. The standard InChI is InChI=1S/C37H40F4N4O2S.C36H38F4N4O2S/c1-4-43(5-2)19-20-44(22-26-9-13-28(14-10-26)29-15-18-32(25(3)21-29)37(39,40)41)34(46)23-45-33-8-6-7-31(33)35(47)42-36(45)48-24-27-11-16-30(38)17-12-27;1-3-42(4-2)20-21-43(22-25-8-12-27(13-9-25)28-14-16-29(17-15-28)36(38,39)40)33(45)23-44-32-7-5-6-31(32)34(46)41-35(44)47-24-26-10-18-30(37)19-11-26/h9-18,21H,4-8,19-20,22-24H2,1-3H3;8-19H,3-7,20-24H2,1-2H3/i4D2,5D2,6D2,7D2,8D2,9D,10D,11D,12D,13D,14D,15D,16D,17D,18D,21D,22D2,24D2;3D2,4D2,22D2,24D2. The van der Waals surface area contributed by atoms with E-state index in [2.05, 4.69) is 9.97 Å². The Morgan fingerprint density at radius 3 is 1.59 bits per heavy atom. The minimum Gasteiger partial charge on any atom is -0.336 e. The van der Waals surface area contributed by atoms with Crippen LogP contribution < -0.4 is 11.1 Å². The van der Waals surface area contributed by atoms with Crippen molar-refractivity contribution in [3.05, 3.63) is 233 Å². The van der Waals surface area contributed by atoms with Gasteiger partial charge in [-0.3, -0.25) is 19.2 Å². The van der Waals surface area contributed by atoms with Gasteiger partial charge in [0.2, 0.25) is 11.8 Å². The third kappa shape index (κ3) is 19.0. The molecule has 0 bridgehead atoms. The second-order valence-corrected chi connectivity index (χ2v) is 21.8. The quantitative estimate of drug-likeness (QED) is 0.0295. The fourth-order valence-corrected chi connectivity index (χ4v) is 10.8. The maximum atomic E-state index is 15.1. The van der Waals surface area contributed by atoms with Gasteiger partial charge in [0.25, 0.3) is 11.1 Å². The lowest BCUT2D eigenvalue weighted by molar-refractivity contribution is -0.138. The van der Waals surface area contributed by atoms with E-state index in [-0.39, 0.29) is 37.5 Å². The van der Waals surface area contributed by atoms with Crippen molar-refractivity contribution in [2.24, 2.45) is 0 Å². The monoisotopic (exact) mass is 1380 g/mol. The van der Waals surface area contributed by atoms with E-state index in [0.29, 0.717) is 58.3 Å². The van der Waals surface area contributed by atoms with Crippen LogP contribution in [0.25, 0.3) is 22.3 Å². The molecule has 0 saturated carbocycles. The van der Waals surface area contributed by atoms with E-state index in [1.807, 2.05) is 0 Å². The molecule has 95 heavy (non-hydrogen) atoms. The number of rotatable bonds is 26. The van der Waals surface area contributed by atoms with Gasteiger partial charge in [-0.25, -0.2) is 8.78 Å². The largest absolute Gasteiger partial charge is 0.416 e. The summed E-state index contributed by atoms with van der Waals surface area (Å²) in [7, 11) is 0. The highest BCUT2D eigenvalue weighted by molar-refractivity contribution is 7.98. The normalized spacial score (nSPS) is 20.7. The summed E-state index contributed by atoms with van der Waals surface area (Å²) in [6.07, 6.45) is -19.7. The number of nitrogens with zero attached hydrogens (tertiary/aromatic N) is 8. The molecule has 0 atom stereocenters. The zero-order valence-electron chi connectivity index (χ0n) is 83.8. The second-order valence-electron chi connectivity index (χ2n) is 20.2. The van der Waals surface area contributed by atoms with Gasteiger partial charge < -0.3 is 28.7 Å². The van der Waals surface area contributed by atoms with Gasteiger partial charge in [-0.1, -0.05) is 148 Å². The van der Waals surface area contributed by atoms with Gasteiger partial charge in [0.15, 0.2) is 10.3 Å². The molecule has 0 aliphatic heterocycles. The van der Waals surface area contributed by atoms with Gasteiger partial charge in [0.1, 0.15) is 24.7 Å². The molecule has 2 aliphatic rings. The highest BCUT2D eigenvalue weighted by Gasteiger charge is 2.33. The van der Waals surface area contributed by atoms with Crippen LogP contribution in [0, 0.1) is 18.6 Å². The smallest absolute Gasteiger partial charge is 0.336 e. The molecule has 2 aromatic heterocycles. The van der Waals surface area contributed by atoms with Gasteiger partial charge >= 0.3 is 12.4 Å². The number of hydrogen-bond donors (Lipinski definition) is 0. The maximum Gasteiger partial charge on any atom is 0.416 e. The summed E-state index contributed by atoms with van der Waals surface area (Å²) in [6.45, 7) is -17.2. The van der Waals surface area contributed by atoms with Crippen LogP contribution in [0.4, 0.5) is 35.1 Å². The summed E-state index contributed by atoms with van der Waals surface area (Å²) in [6, 6.07) is -0.343. The molecule has 2 amide bonds. The molecule has 2 heterocycles. The van der Waals surface area contributed by atoms with Crippen LogP contribution in [0.2, 0.25) is 0 Å². The molecule has 502 valence electrons. The Kier molecular flexibility index (Phi) is 13.5. The van der Waals surface area contributed by atoms with Crippen molar-refractivity contribution >= 4 is 35.3 Å². The number of thioether (sulfide) groups is 2. The third-order valence-corrected chi connectivity index (χ3v) is 15.8. The summed E-state index contributed by atoms with van der Waals surface area (Å²) in [5, 5.41) is -1.41. The molecule has 0 saturated heterocycles. The summed E-state index contributed by atoms with van der Waals surface area (Å²) < 4.78 is 394. The highest BCUT2D eigenvalue weighted by Crippen LogP contribution is 2.36. The average Bonchev–Trinajstić information content (AvgIpc) is 1.52. The molecular formula is C73H78F8N8O4S2. The van der Waals surface area contributed by atoms with Gasteiger partial charge in [0, 0.05) is 97.8 Å². The van der Waals surface area contributed by atoms with E-state index in [0.717, 1.165) is 68.7 Å². The number of aromatic nitrogens is 4. The molecular weight excluding hydrogens is 1270 g/mol. The Bertz CT molecular complexity index is 5680. The Morgan fingerprint density at radius 2 is 1.04 bits per heavy atom. The van der Waals surface area contributed by atoms with Crippen molar-refractivity contribution in [3.63, 3.8) is 0 Å². The summed E-state index contributed by atoms with van der Waals surface area (Å²) >= 11 is 0.137. The number of fused-ring (bicyclic) bond motifs is 2. The third-order valence-electron chi connectivity index (χ3n) is 14.1. The molecule has 0 fully saturated rings. The van der Waals surface area contributed by atoms with Gasteiger partial charge in [-0.05, 0) is 164 Å². The summed E-state index contributed by atoms with van der Waals surface area (Å²) in [5.74, 6) is -4.99. The lowest BCUT2D eigenvalue weighted by Crippen LogP contribution is -2.40. The number of alkyl halides is 6.